The van der Waals surface area contributed by atoms with Crippen LogP contribution in [0.4, 0.5) is 17.1 Å². The molecule has 0 unspecified atom stereocenters. The minimum atomic E-state index is -1.91. The van der Waals surface area contributed by atoms with Gasteiger partial charge in [0.2, 0.25) is 11.8 Å². The molecule has 6 atom stereocenters. The molecule has 2 saturated heterocycles. The van der Waals surface area contributed by atoms with Crippen LogP contribution in [0.5, 0.6) is 5.75 Å². The van der Waals surface area contributed by atoms with Gasteiger partial charge >= 0.3 is 0 Å². The van der Waals surface area contributed by atoms with Crippen molar-refractivity contribution in [1.29, 1.82) is 0 Å². The van der Waals surface area contributed by atoms with Crippen LogP contribution in [-0.4, -0.2) is 48.8 Å². The Morgan fingerprint density at radius 2 is 1.57 bits per heavy atom. The molecule has 224 valence electrons. The number of allylic oxidation sites excluding steroid dienone is 2. The van der Waals surface area contributed by atoms with E-state index in [-0.39, 0.29) is 35.9 Å². The Kier molecular flexibility index (Phi) is 6.91. The first-order valence-corrected chi connectivity index (χ1v) is 16.1. The molecule has 2 aliphatic heterocycles. The largest absolute Gasteiger partial charge is 0.508 e. The highest BCUT2D eigenvalue weighted by Crippen LogP contribution is 2.65. The smallest absolute Gasteiger partial charge is 0.254 e. The number of alkyl halides is 3. The number of phenolic OH excluding ortho intramolecular Hbond substituents is 1. The van der Waals surface area contributed by atoms with Crippen molar-refractivity contribution in [2.24, 2.45) is 17.8 Å². The van der Waals surface area contributed by atoms with Crippen molar-refractivity contribution in [3.63, 3.8) is 0 Å². The molecule has 44 heavy (non-hydrogen) atoms. The van der Waals surface area contributed by atoms with Gasteiger partial charge in [-0.2, -0.15) is 0 Å². The van der Waals surface area contributed by atoms with Gasteiger partial charge in [-0.1, -0.05) is 57.9 Å². The number of nitrogens with zero attached hydrogens (tertiary/aromatic N) is 2. The first kappa shape index (κ1) is 29.1. The Hall–Kier alpha value is -3.66. The molecule has 7 rings (SSSR count). The molecular weight excluding hydrogens is 669 g/mol. The van der Waals surface area contributed by atoms with E-state index in [9.17, 15) is 24.3 Å². The van der Waals surface area contributed by atoms with E-state index in [2.05, 4.69) is 21.2 Å². The molecule has 2 heterocycles. The molecule has 0 bridgehead atoms. The van der Waals surface area contributed by atoms with Crippen molar-refractivity contribution in [1.82, 2.24) is 4.90 Å². The van der Waals surface area contributed by atoms with E-state index >= 15 is 0 Å². The van der Waals surface area contributed by atoms with Crippen LogP contribution < -0.4 is 10.2 Å². The Balaban J connectivity index is 1.27. The van der Waals surface area contributed by atoms with Crippen molar-refractivity contribution < 1.29 is 24.3 Å². The summed E-state index contributed by atoms with van der Waals surface area (Å²) in [5, 5.41) is 13.7. The molecule has 11 heteroatoms. The predicted octanol–water partition coefficient (Wildman–Crippen LogP) is 6.05. The highest BCUT2D eigenvalue weighted by Gasteiger charge is 2.76. The molecule has 3 aromatic carbocycles. The number of fused-ring (bicyclic) bond motifs is 4. The van der Waals surface area contributed by atoms with Gasteiger partial charge in [-0.05, 0) is 72.9 Å². The van der Waals surface area contributed by atoms with Gasteiger partial charge in [-0.15, -0.1) is 23.2 Å². The number of nitrogens with one attached hydrogen (secondary N) is 1. The number of para-hydroxylation sites is 1. The van der Waals surface area contributed by atoms with Crippen molar-refractivity contribution in [3.05, 3.63) is 96.1 Å². The predicted molar refractivity (Wildman–Crippen MR) is 170 cm³/mol. The van der Waals surface area contributed by atoms with Crippen LogP contribution in [0.3, 0.4) is 0 Å². The van der Waals surface area contributed by atoms with Gasteiger partial charge in [0.15, 0.2) is 9.75 Å². The second-order valence-corrected chi connectivity index (χ2v) is 13.4. The maximum absolute atomic E-state index is 14.2. The molecule has 4 amide bonds. The van der Waals surface area contributed by atoms with Gasteiger partial charge in [0.25, 0.3) is 11.8 Å². The lowest BCUT2D eigenvalue weighted by Crippen LogP contribution is -2.60. The number of rotatable bonds is 5. The number of halogens is 3. The summed E-state index contributed by atoms with van der Waals surface area (Å²) in [6.45, 7) is 0. The molecule has 3 fully saturated rings. The van der Waals surface area contributed by atoms with Gasteiger partial charge in [0.1, 0.15) is 5.75 Å². The topological polar surface area (TPSA) is 107 Å². The van der Waals surface area contributed by atoms with E-state index in [1.165, 1.54) is 17.0 Å². The Morgan fingerprint density at radius 3 is 2.25 bits per heavy atom. The maximum atomic E-state index is 14.2. The first-order chi connectivity index (χ1) is 21.1. The standard InChI is InChI=1S/C33H26BrCl2N3O5/c34-17-38-30(43)32(35)16-25-23(27(33(32,36)31(38)44)18-5-4-8-22(40)15-18)13-14-24-26(25)29(42)39(28(24)41)21-11-9-20(10-12-21)37-19-6-2-1-3-7-19/h1-13,15,24-27,37,40H,14,16-17H2/t24-,25+,26-,27-,32+,33-/m0/s1. The number of aromatic hydroxyl groups is 1. The third kappa shape index (κ3) is 4.02. The van der Waals surface area contributed by atoms with Gasteiger partial charge < -0.3 is 10.4 Å². The van der Waals surface area contributed by atoms with Crippen molar-refractivity contribution in [2.45, 2.75) is 28.5 Å². The number of phenols is 1. The van der Waals surface area contributed by atoms with Gasteiger partial charge in [-0.3, -0.25) is 29.0 Å². The first-order valence-electron chi connectivity index (χ1n) is 14.2. The lowest BCUT2D eigenvalue weighted by Gasteiger charge is -2.50. The fraction of sp³-hybridized carbons (Fsp3) is 0.273. The number of likely N-dealkylation sites (tertiary alicyclic amines) is 1. The fourth-order valence-corrected chi connectivity index (χ4v) is 8.89. The number of amides is 4. The Bertz CT molecular complexity index is 1750. The summed E-state index contributed by atoms with van der Waals surface area (Å²) in [7, 11) is 0. The second kappa shape index (κ2) is 10.5. The number of carbonyl (C=O) groups is 4. The van der Waals surface area contributed by atoms with E-state index in [1.54, 1.807) is 36.4 Å². The summed E-state index contributed by atoms with van der Waals surface area (Å²) >= 11 is 17.7. The van der Waals surface area contributed by atoms with E-state index in [1.807, 2.05) is 36.4 Å². The zero-order chi connectivity index (χ0) is 31.0. The van der Waals surface area contributed by atoms with E-state index in [0.717, 1.165) is 16.3 Å². The summed E-state index contributed by atoms with van der Waals surface area (Å²) in [6, 6.07) is 23.0. The van der Waals surface area contributed by atoms with Crippen molar-refractivity contribution in [2.75, 3.05) is 15.7 Å². The molecule has 2 N–H and O–H groups in total. The Labute approximate surface area is 271 Å². The van der Waals surface area contributed by atoms with Crippen LogP contribution >= 0.6 is 39.1 Å². The number of carbonyl (C=O) groups excluding carboxylic acids is 4. The highest BCUT2D eigenvalue weighted by molar-refractivity contribution is 9.09. The molecule has 3 aromatic rings. The quantitative estimate of drug-likeness (QED) is 0.146. The molecular formula is C33H26BrCl2N3O5. The normalized spacial score (nSPS) is 31.0. The summed E-state index contributed by atoms with van der Waals surface area (Å²) in [4.78, 5) is 54.0. The zero-order valence-electron chi connectivity index (χ0n) is 23.1. The van der Waals surface area contributed by atoms with Crippen molar-refractivity contribution >= 4 is 79.8 Å². The number of hydrogen-bond donors (Lipinski definition) is 2. The van der Waals surface area contributed by atoms with Crippen LogP contribution in [0, 0.1) is 17.8 Å². The molecule has 2 aliphatic carbocycles. The third-order valence-corrected chi connectivity index (χ3v) is 11.3. The van der Waals surface area contributed by atoms with Crippen LogP contribution in [0.15, 0.2) is 90.5 Å². The average Bonchev–Trinajstić information content (AvgIpc) is 3.35. The third-order valence-electron chi connectivity index (χ3n) is 9.41. The molecule has 0 aromatic heterocycles. The molecule has 8 nitrogen and oxygen atoms in total. The molecule has 0 spiro atoms. The minimum absolute atomic E-state index is 0.0445. The monoisotopic (exact) mass is 693 g/mol. The Morgan fingerprint density at radius 1 is 0.864 bits per heavy atom. The zero-order valence-corrected chi connectivity index (χ0v) is 26.2. The SMILES string of the molecule is O=C1[C@H]2[C@H](CC=C3[C@H]2C[C@@]2(Cl)C(=O)N(CBr)C(=O)[C@@]2(Cl)[C@H]3c2cccc(O)c2)C(=O)N1c1ccc(Nc2ccccc2)cc1. The van der Waals surface area contributed by atoms with Crippen molar-refractivity contribution in [3.8, 4) is 5.75 Å². The highest BCUT2D eigenvalue weighted by atomic mass is 79.9. The van der Waals surface area contributed by atoms with Crippen LogP contribution in [0.2, 0.25) is 0 Å². The summed E-state index contributed by atoms with van der Waals surface area (Å²) in [5.74, 6) is -5.08. The summed E-state index contributed by atoms with van der Waals surface area (Å²) in [5.41, 5.74) is 3.21. The van der Waals surface area contributed by atoms with E-state index < -0.39 is 45.2 Å². The molecule has 4 aliphatic rings. The van der Waals surface area contributed by atoms with Gasteiger partial charge in [0.05, 0.1) is 23.0 Å². The minimum Gasteiger partial charge on any atom is -0.508 e. The summed E-state index contributed by atoms with van der Waals surface area (Å²) < 4.78 is 0. The number of anilines is 3. The van der Waals surface area contributed by atoms with E-state index in [4.69, 9.17) is 23.2 Å². The van der Waals surface area contributed by atoms with Crippen LogP contribution in [0.25, 0.3) is 0 Å². The number of hydrogen-bond acceptors (Lipinski definition) is 6. The lowest BCUT2D eigenvalue weighted by molar-refractivity contribution is -0.138. The fourth-order valence-electron chi connectivity index (χ4n) is 7.47. The van der Waals surface area contributed by atoms with Crippen LogP contribution in [-0.2, 0) is 19.2 Å². The molecule has 0 radical (unpaired) electrons. The van der Waals surface area contributed by atoms with Gasteiger partial charge in [0, 0.05) is 17.3 Å². The van der Waals surface area contributed by atoms with Gasteiger partial charge in [-0.25, -0.2) is 0 Å². The average molecular weight is 695 g/mol. The maximum Gasteiger partial charge on any atom is 0.254 e. The summed E-state index contributed by atoms with van der Waals surface area (Å²) in [6.07, 6.45) is 2.03. The second-order valence-electron chi connectivity index (χ2n) is 11.6. The number of benzene rings is 3. The lowest BCUT2D eigenvalue weighted by atomic mass is 9.56. The molecule has 1 saturated carbocycles. The number of imide groups is 2. The van der Waals surface area contributed by atoms with E-state index in [0.29, 0.717) is 16.8 Å². The van der Waals surface area contributed by atoms with Crippen LogP contribution in [0.1, 0.15) is 24.3 Å².